The lowest BCUT2D eigenvalue weighted by Crippen LogP contribution is -2.29. The lowest BCUT2D eigenvalue weighted by atomic mass is 10.0. The van der Waals surface area contributed by atoms with Gasteiger partial charge in [-0.3, -0.25) is 5.84 Å². The molecular formula is C13H13F3N2O2. The maximum Gasteiger partial charge on any atom is 0.573 e. The summed E-state index contributed by atoms with van der Waals surface area (Å²) < 4.78 is 46.4. The Morgan fingerprint density at radius 3 is 2.55 bits per heavy atom. The second-order valence-corrected chi connectivity index (χ2v) is 4.18. The van der Waals surface area contributed by atoms with Crippen LogP contribution in [0.15, 0.2) is 41.0 Å². The van der Waals surface area contributed by atoms with Gasteiger partial charge >= 0.3 is 6.36 Å². The van der Waals surface area contributed by atoms with Gasteiger partial charge in [0.2, 0.25) is 0 Å². The second-order valence-electron chi connectivity index (χ2n) is 4.18. The van der Waals surface area contributed by atoms with Crippen molar-refractivity contribution in [1.82, 2.24) is 5.43 Å². The molecule has 0 aliphatic carbocycles. The number of rotatable bonds is 4. The van der Waals surface area contributed by atoms with Gasteiger partial charge in [0.25, 0.3) is 0 Å². The number of benzene rings is 1. The molecule has 1 aromatic heterocycles. The summed E-state index contributed by atoms with van der Waals surface area (Å²) in [7, 11) is 0. The number of nitrogens with one attached hydrogen (secondary N) is 1. The van der Waals surface area contributed by atoms with Crippen LogP contribution in [0.5, 0.6) is 5.75 Å². The van der Waals surface area contributed by atoms with E-state index in [9.17, 15) is 13.2 Å². The van der Waals surface area contributed by atoms with Crippen LogP contribution in [-0.2, 0) is 0 Å². The van der Waals surface area contributed by atoms with Gasteiger partial charge in [-0.15, -0.1) is 13.2 Å². The predicted molar refractivity (Wildman–Crippen MR) is 65.7 cm³/mol. The van der Waals surface area contributed by atoms with E-state index in [0.717, 1.165) is 0 Å². The molecule has 0 saturated carbocycles. The molecule has 20 heavy (non-hydrogen) atoms. The van der Waals surface area contributed by atoms with Gasteiger partial charge in [-0.25, -0.2) is 5.43 Å². The molecule has 0 fully saturated rings. The average Bonchev–Trinajstić information content (AvgIpc) is 2.77. The summed E-state index contributed by atoms with van der Waals surface area (Å²) in [5, 5.41) is 0. The fourth-order valence-electron chi connectivity index (χ4n) is 1.92. The molecule has 1 heterocycles. The Kier molecular flexibility index (Phi) is 4.01. The minimum atomic E-state index is -4.76. The van der Waals surface area contributed by atoms with E-state index in [1.54, 1.807) is 19.1 Å². The smallest absolute Gasteiger partial charge is 0.469 e. The third-order valence-electron chi connectivity index (χ3n) is 2.71. The zero-order valence-electron chi connectivity index (χ0n) is 10.6. The van der Waals surface area contributed by atoms with E-state index in [4.69, 9.17) is 10.3 Å². The Morgan fingerprint density at radius 2 is 2.00 bits per heavy atom. The molecule has 0 bridgehead atoms. The van der Waals surface area contributed by atoms with Crippen molar-refractivity contribution in [1.29, 1.82) is 0 Å². The molecule has 3 N–H and O–H groups in total. The molecular weight excluding hydrogens is 273 g/mol. The monoisotopic (exact) mass is 286 g/mol. The second kappa shape index (κ2) is 5.56. The Hall–Kier alpha value is -1.99. The number of hydrazine groups is 1. The summed E-state index contributed by atoms with van der Waals surface area (Å²) in [6.07, 6.45) is -3.33. The minimum Gasteiger partial charge on any atom is -0.469 e. The lowest BCUT2D eigenvalue weighted by Gasteiger charge is -2.19. The number of halogens is 3. The van der Waals surface area contributed by atoms with E-state index >= 15 is 0 Å². The Balaban J connectivity index is 2.39. The molecule has 1 atom stereocenters. The molecule has 0 saturated heterocycles. The maximum atomic E-state index is 12.4. The fraction of sp³-hybridized carbons (Fsp3) is 0.231. The number of nitrogens with two attached hydrogens (primary N) is 1. The van der Waals surface area contributed by atoms with E-state index in [-0.39, 0.29) is 11.3 Å². The van der Waals surface area contributed by atoms with Crippen LogP contribution in [0.4, 0.5) is 13.2 Å². The third-order valence-corrected chi connectivity index (χ3v) is 2.71. The molecule has 0 amide bonds. The summed E-state index contributed by atoms with van der Waals surface area (Å²) in [6.45, 7) is 1.73. The molecule has 2 aromatic rings. The molecule has 1 unspecified atom stereocenters. The molecule has 108 valence electrons. The summed E-state index contributed by atoms with van der Waals surface area (Å²) in [6, 6.07) is 6.84. The molecule has 4 nitrogen and oxygen atoms in total. The standard InChI is InChI=1S/C13H13F3N2O2/c1-8-6-9(7-19-8)12(18-17)10-4-2-3-5-11(10)20-13(14,15)16/h2-7,12,18H,17H2,1H3. The molecule has 0 spiro atoms. The first-order valence-corrected chi connectivity index (χ1v) is 5.76. The van der Waals surface area contributed by atoms with Crippen molar-refractivity contribution in [3.8, 4) is 5.75 Å². The highest BCUT2D eigenvalue weighted by Gasteiger charge is 2.33. The normalized spacial score (nSPS) is 13.2. The van der Waals surface area contributed by atoms with E-state index in [1.165, 1.54) is 24.5 Å². The molecule has 1 aromatic carbocycles. The summed E-state index contributed by atoms with van der Waals surface area (Å²) in [5.41, 5.74) is 3.35. The number of aryl methyl sites for hydroxylation is 1. The van der Waals surface area contributed by atoms with Gasteiger partial charge in [-0.2, -0.15) is 0 Å². The third kappa shape index (κ3) is 3.31. The molecule has 0 aliphatic heterocycles. The highest BCUT2D eigenvalue weighted by molar-refractivity contribution is 5.41. The Bertz CT molecular complexity index is 581. The topological polar surface area (TPSA) is 60.4 Å². The van der Waals surface area contributed by atoms with Crippen LogP contribution in [0.2, 0.25) is 0 Å². The first kappa shape index (κ1) is 14.4. The van der Waals surface area contributed by atoms with Crippen molar-refractivity contribution in [3.63, 3.8) is 0 Å². The lowest BCUT2D eigenvalue weighted by molar-refractivity contribution is -0.275. The highest BCUT2D eigenvalue weighted by atomic mass is 19.4. The van der Waals surface area contributed by atoms with Crippen LogP contribution < -0.4 is 16.0 Å². The van der Waals surface area contributed by atoms with E-state index < -0.39 is 12.4 Å². The Morgan fingerprint density at radius 1 is 1.30 bits per heavy atom. The first-order valence-electron chi connectivity index (χ1n) is 5.76. The summed E-state index contributed by atoms with van der Waals surface area (Å²) >= 11 is 0. The van der Waals surface area contributed by atoms with Crippen molar-refractivity contribution in [2.75, 3.05) is 0 Å². The fourth-order valence-corrected chi connectivity index (χ4v) is 1.92. The van der Waals surface area contributed by atoms with Gasteiger partial charge < -0.3 is 9.15 Å². The molecule has 7 heteroatoms. The molecule has 2 rings (SSSR count). The van der Waals surface area contributed by atoms with Gasteiger partial charge in [0.1, 0.15) is 11.5 Å². The quantitative estimate of drug-likeness (QED) is 0.670. The van der Waals surface area contributed by atoms with Gasteiger partial charge in [-0.1, -0.05) is 18.2 Å². The van der Waals surface area contributed by atoms with Crippen LogP contribution >= 0.6 is 0 Å². The van der Waals surface area contributed by atoms with Crippen molar-refractivity contribution in [2.24, 2.45) is 5.84 Å². The first-order chi connectivity index (χ1) is 9.40. The SMILES string of the molecule is Cc1cc(C(NN)c2ccccc2OC(F)(F)F)co1. The predicted octanol–water partition coefficient (Wildman–Crippen LogP) is 3.04. The van der Waals surface area contributed by atoms with Crippen LogP contribution in [0.3, 0.4) is 0 Å². The van der Waals surface area contributed by atoms with Gasteiger partial charge in [0.05, 0.1) is 12.3 Å². The number of ether oxygens (including phenoxy) is 1. The number of furan rings is 1. The number of hydrogen-bond donors (Lipinski definition) is 2. The summed E-state index contributed by atoms with van der Waals surface area (Å²) in [4.78, 5) is 0. The summed E-state index contributed by atoms with van der Waals surface area (Å²) in [5.74, 6) is 5.78. The van der Waals surface area contributed by atoms with Crippen LogP contribution in [0, 0.1) is 6.92 Å². The van der Waals surface area contributed by atoms with E-state index in [0.29, 0.717) is 11.3 Å². The van der Waals surface area contributed by atoms with Crippen LogP contribution in [-0.4, -0.2) is 6.36 Å². The van der Waals surface area contributed by atoms with Gasteiger partial charge in [-0.05, 0) is 19.1 Å². The number of hydrogen-bond acceptors (Lipinski definition) is 4. The van der Waals surface area contributed by atoms with E-state index in [2.05, 4.69) is 10.2 Å². The van der Waals surface area contributed by atoms with Crippen molar-refractivity contribution < 1.29 is 22.3 Å². The van der Waals surface area contributed by atoms with Gasteiger partial charge in [0, 0.05) is 11.1 Å². The zero-order valence-corrected chi connectivity index (χ0v) is 10.6. The minimum absolute atomic E-state index is 0.271. The van der Waals surface area contributed by atoms with Crippen molar-refractivity contribution in [2.45, 2.75) is 19.3 Å². The largest absolute Gasteiger partial charge is 0.573 e. The van der Waals surface area contributed by atoms with E-state index in [1.807, 2.05) is 0 Å². The average molecular weight is 286 g/mol. The van der Waals surface area contributed by atoms with Crippen molar-refractivity contribution >= 4 is 0 Å². The van der Waals surface area contributed by atoms with Crippen molar-refractivity contribution in [3.05, 3.63) is 53.5 Å². The van der Waals surface area contributed by atoms with Crippen LogP contribution in [0.1, 0.15) is 22.9 Å². The number of para-hydroxylation sites is 1. The molecule has 0 radical (unpaired) electrons. The highest BCUT2D eigenvalue weighted by Crippen LogP contribution is 2.33. The maximum absolute atomic E-state index is 12.4. The van der Waals surface area contributed by atoms with Gasteiger partial charge in [0.15, 0.2) is 0 Å². The Labute approximate surface area is 113 Å². The van der Waals surface area contributed by atoms with Crippen LogP contribution in [0.25, 0.3) is 0 Å². The number of alkyl halides is 3. The zero-order chi connectivity index (χ0) is 14.8. The molecule has 0 aliphatic rings.